The number of aromatic amines is 1. The molecule has 1 atom stereocenters. The third-order valence-electron chi connectivity index (χ3n) is 2.36. The minimum absolute atomic E-state index is 0.329. The summed E-state index contributed by atoms with van der Waals surface area (Å²) >= 11 is 5.00. The van der Waals surface area contributed by atoms with Gasteiger partial charge in [0.05, 0.1) is 0 Å². The Morgan fingerprint density at radius 3 is 2.44 bits per heavy atom. The van der Waals surface area contributed by atoms with Crippen LogP contribution in [0.15, 0.2) is 0 Å². The van der Waals surface area contributed by atoms with Crippen LogP contribution in [-0.4, -0.2) is 27.5 Å². The van der Waals surface area contributed by atoms with E-state index in [1.165, 1.54) is 0 Å². The molecule has 90 valence electrons. The minimum atomic E-state index is 0.329. The third kappa shape index (κ3) is 3.77. The molecule has 1 unspecified atom stereocenters. The standard InChI is InChI=1S/C10H19N5S/c1-5-11-8-13-9(15-10(16)14-8)12-7(4)6(2)3/h6-7H,5H2,1-4H3,(H3,11,12,13,14,15,16). The summed E-state index contributed by atoms with van der Waals surface area (Å²) in [6.07, 6.45) is 0. The van der Waals surface area contributed by atoms with Crippen molar-refractivity contribution in [3.8, 4) is 0 Å². The fraction of sp³-hybridized carbons (Fsp3) is 0.700. The number of hydrogen-bond acceptors (Lipinski definition) is 5. The minimum Gasteiger partial charge on any atom is -0.356 e. The highest BCUT2D eigenvalue weighted by atomic mass is 32.1. The van der Waals surface area contributed by atoms with Gasteiger partial charge >= 0.3 is 0 Å². The summed E-state index contributed by atoms with van der Waals surface area (Å²) in [5.41, 5.74) is 0. The maximum atomic E-state index is 5.00. The molecule has 1 rings (SSSR count). The number of nitrogens with one attached hydrogen (secondary N) is 3. The van der Waals surface area contributed by atoms with Gasteiger partial charge in [0.15, 0.2) is 0 Å². The lowest BCUT2D eigenvalue weighted by molar-refractivity contribution is 0.556. The van der Waals surface area contributed by atoms with Crippen LogP contribution in [0, 0.1) is 10.7 Å². The highest BCUT2D eigenvalue weighted by Gasteiger charge is 2.08. The second-order valence-electron chi connectivity index (χ2n) is 4.04. The molecule has 1 heterocycles. The number of nitrogens with zero attached hydrogens (tertiary/aromatic N) is 2. The topological polar surface area (TPSA) is 65.6 Å². The van der Waals surface area contributed by atoms with Crippen molar-refractivity contribution in [2.45, 2.75) is 33.7 Å². The van der Waals surface area contributed by atoms with Crippen LogP contribution in [0.3, 0.4) is 0 Å². The van der Waals surface area contributed by atoms with Crippen molar-refractivity contribution in [1.29, 1.82) is 0 Å². The molecule has 16 heavy (non-hydrogen) atoms. The van der Waals surface area contributed by atoms with Crippen LogP contribution in [0.5, 0.6) is 0 Å². The van der Waals surface area contributed by atoms with Gasteiger partial charge in [-0.05, 0) is 32.0 Å². The van der Waals surface area contributed by atoms with E-state index >= 15 is 0 Å². The Kier molecular flexibility index (Phi) is 4.67. The molecule has 0 aliphatic carbocycles. The Balaban J connectivity index is 2.84. The van der Waals surface area contributed by atoms with Crippen LogP contribution in [0.2, 0.25) is 0 Å². The molecule has 0 saturated heterocycles. The van der Waals surface area contributed by atoms with Gasteiger partial charge in [-0.3, -0.25) is 4.98 Å². The van der Waals surface area contributed by atoms with Crippen molar-refractivity contribution in [2.75, 3.05) is 17.2 Å². The summed E-state index contributed by atoms with van der Waals surface area (Å²) in [5, 5.41) is 6.35. The van der Waals surface area contributed by atoms with E-state index in [0.717, 1.165) is 6.54 Å². The summed E-state index contributed by atoms with van der Waals surface area (Å²) in [6, 6.07) is 0.329. The molecule has 0 spiro atoms. The van der Waals surface area contributed by atoms with Crippen molar-refractivity contribution in [2.24, 2.45) is 5.92 Å². The van der Waals surface area contributed by atoms with Gasteiger partial charge < -0.3 is 10.6 Å². The van der Waals surface area contributed by atoms with E-state index < -0.39 is 0 Å². The Morgan fingerprint density at radius 1 is 1.25 bits per heavy atom. The van der Waals surface area contributed by atoms with E-state index in [0.29, 0.717) is 28.6 Å². The molecule has 0 aliphatic rings. The van der Waals surface area contributed by atoms with Crippen molar-refractivity contribution >= 4 is 24.1 Å². The summed E-state index contributed by atoms with van der Waals surface area (Å²) in [5.74, 6) is 1.85. The van der Waals surface area contributed by atoms with E-state index in [1.807, 2.05) is 6.92 Å². The average Bonchev–Trinajstić information content (AvgIpc) is 2.16. The lowest BCUT2D eigenvalue weighted by atomic mass is 10.1. The fourth-order valence-electron chi connectivity index (χ4n) is 1.09. The highest BCUT2D eigenvalue weighted by Crippen LogP contribution is 2.09. The molecule has 0 fully saturated rings. The molecular formula is C10H19N5S. The molecule has 0 aromatic carbocycles. The average molecular weight is 241 g/mol. The van der Waals surface area contributed by atoms with E-state index in [9.17, 15) is 0 Å². The first-order valence-electron chi connectivity index (χ1n) is 5.51. The second-order valence-corrected chi connectivity index (χ2v) is 4.40. The lowest BCUT2D eigenvalue weighted by Gasteiger charge is -2.18. The predicted molar refractivity (Wildman–Crippen MR) is 69.3 cm³/mol. The van der Waals surface area contributed by atoms with E-state index in [-0.39, 0.29) is 0 Å². The third-order valence-corrected chi connectivity index (χ3v) is 2.54. The van der Waals surface area contributed by atoms with Crippen LogP contribution in [0.4, 0.5) is 11.9 Å². The Bertz CT molecular complexity index is 387. The predicted octanol–water partition coefficient (Wildman–Crippen LogP) is 2.42. The van der Waals surface area contributed by atoms with Crippen molar-refractivity contribution in [1.82, 2.24) is 15.0 Å². The highest BCUT2D eigenvalue weighted by molar-refractivity contribution is 7.71. The molecule has 0 saturated carbocycles. The smallest absolute Gasteiger partial charge is 0.225 e. The summed E-state index contributed by atoms with van der Waals surface area (Å²) < 4.78 is 0.341. The van der Waals surface area contributed by atoms with Crippen LogP contribution in [0.25, 0.3) is 0 Å². The fourth-order valence-corrected chi connectivity index (χ4v) is 1.27. The summed E-state index contributed by atoms with van der Waals surface area (Å²) in [7, 11) is 0. The van der Waals surface area contributed by atoms with Gasteiger partial charge in [0.2, 0.25) is 16.7 Å². The Morgan fingerprint density at radius 2 is 1.88 bits per heavy atom. The molecule has 3 N–H and O–H groups in total. The molecule has 6 heteroatoms. The second kappa shape index (κ2) is 5.79. The maximum Gasteiger partial charge on any atom is 0.225 e. The zero-order valence-electron chi connectivity index (χ0n) is 10.2. The molecule has 0 radical (unpaired) electrons. The van der Waals surface area contributed by atoms with E-state index in [4.69, 9.17) is 12.2 Å². The summed E-state index contributed by atoms with van der Waals surface area (Å²) in [6.45, 7) is 9.21. The first-order valence-corrected chi connectivity index (χ1v) is 5.92. The number of H-pyrrole nitrogens is 1. The van der Waals surface area contributed by atoms with Gasteiger partial charge in [0, 0.05) is 12.6 Å². The van der Waals surface area contributed by atoms with Crippen LogP contribution in [-0.2, 0) is 0 Å². The normalized spacial score (nSPS) is 12.6. The number of rotatable bonds is 5. The number of anilines is 2. The zero-order chi connectivity index (χ0) is 12.1. The van der Waals surface area contributed by atoms with E-state index in [1.54, 1.807) is 0 Å². The SMILES string of the molecule is CCNc1nc(=S)nc(NC(C)C(C)C)[nH]1. The van der Waals surface area contributed by atoms with Gasteiger partial charge in [-0.2, -0.15) is 9.97 Å². The monoisotopic (exact) mass is 241 g/mol. The first-order chi connectivity index (χ1) is 7.52. The molecule has 5 nitrogen and oxygen atoms in total. The molecule has 1 aromatic rings. The summed E-state index contributed by atoms with van der Waals surface area (Å²) in [4.78, 5) is 11.3. The number of hydrogen-bond donors (Lipinski definition) is 3. The molecule has 1 aromatic heterocycles. The van der Waals surface area contributed by atoms with Gasteiger partial charge in [-0.25, -0.2) is 0 Å². The zero-order valence-corrected chi connectivity index (χ0v) is 11.0. The van der Waals surface area contributed by atoms with Crippen LogP contribution < -0.4 is 10.6 Å². The number of aromatic nitrogens is 3. The van der Waals surface area contributed by atoms with Crippen molar-refractivity contribution < 1.29 is 0 Å². The molecule has 0 bridgehead atoms. The van der Waals surface area contributed by atoms with Gasteiger partial charge in [-0.1, -0.05) is 13.8 Å². The largest absolute Gasteiger partial charge is 0.356 e. The quantitative estimate of drug-likeness (QED) is 0.691. The van der Waals surface area contributed by atoms with Gasteiger partial charge in [0.1, 0.15) is 0 Å². The molecule has 0 aliphatic heterocycles. The van der Waals surface area contributed by atoms with Crippen LogP contribution in [0.1, 0.15) is 27.7 Å². The molecule has 0 amide bonds. The first kappa shape index (κ1) is 12.9. The van der Waals surface area contributed by atoms with Crippen LogP contribution >= 0.6 is 12.2 Å². The maximum absolute atomic E-state index is 5.00. The van der Waals surface area contributed by atoms with Gasteiger partial charge in [-0.15, -0.1) is 0 Å². The van der Waals surface area contributed by atoms with Gasteiger partial charge in [0.25, 0.3) is 0 Å². The van der Waals surface area contributed by atoms with E-state index in [2.05, 4.69) is 46.4 Å². The lowest BCUT2D eigenvalue weighted by Crippen LogP contribution is -2.23. The Hall–Kier alpha value is -1.17. The molecular weight excluding hydrogens is 222 g/mol. The van der Waals surface area contributed by atoms with Crippen molar-refractivity contribution in [3.05, 3.63) is 4.77 Å². The Labute approximate surface area is 101 Å². The van der Waals surface area contributed by atoms with Crippen molar-refractivity contribution in [3.63, 3.8) is 0 Å².